The normalized spacial score (nSPS) is 10.9. The van der Waals surface area contributed by atoms with Crippen molar-refractivity contribution in [1.29, 1.82) is 0 Å². The SMILES string of the molecule is Cc1ccc(CC(=O)c2ccc(CC(=O)C/C=C/c3cccnc3)cc2)c(N)c1. The number of rotatable bonds is 8. The van der Waals surface area contributed by atoms with Crippen LogP contribution in [-0.4, -0.2) is 16.6 Å². The summed E-state index contributed by atoms with van der Waals surface area (Å²) in [5.74, 6) is 0.134. The first-order valence-corrected chi connectivity index (χ1v) is 9.56. The van der Waals surface area contributed by atoms with E-state index in [1.165, 1.54) is 0 Å². The summed E-state index contributed by atoms with van der Waals surface area (Å²) >= 11 is 0. The average molecular weight is 384 g/mol. The average Bonchev–Trinajstić information content (AvgIpc) is 2.71. The molecule has 1 heterocycles. The fourth-order valence-electron chi connectivity index (χ4n) is 3.06. The monoisotopic (exact) mass is 384 g/mol. The van der Waals surface area contributed by atoms with Crippen LogP contribution in [0.15, 0.2) is 73.1 Å². The van der Waals surface area contributed by atoms with Crippen LogP contribution in [0, 0.1) is 6.92 Å². The molecule has 3 rings (SSSR count). The second-order valence-corrected chi connectivity index (χ2v) is 7.11. The second kappa shape index (κ2) is 9.60. The molecule has 0 spiro atoms. The molecule has 146 valence electrons. The van der Waals surface area contributed by atoms with E-state index in [2.05, 4.69) is 4.98 Å². The number of hydrogen-bond acceptors (Lipinski definition) is 4. The van der Waals surface area contributed by atoms with Gasteiger partial charge < -0.3 is 5.73 Å². The van der Waals surface area contributed by atoms with E-state index in [9.17, 15) is 9.59 Å². The van der Waals surface area contributed by atoms with E-state index >= 15 is 0 Å². The fourth-order valence-corrected chi connectivity index (χ4v) is 3.06. The number of pyridine rings is 1. The quantitative estimate of drug-likeness (QED) is 0.455. The van der Waals surface area contributed by atoms with Crippen LogP contribution in [0.3, 0.4) is 0 Å². The maximum absolute atomic E-state index is 12.5. The molecule has 0 radical (unpaired) electrons. The molecule has 1 aromatic heterocycles. The summed E-state index contributed by atoms with van der Waals surface area (Å²) in [6.45, 7) is 1.97. The molecule has 0 aliphatic carbocycles. The van der Waals surface area contributed by atoms with Gasteiger partial charge in [-0.25, -0.2) is 0 Å². The number of aryl methyl sites for hydroxylation is 1. The van der Waals surface area contributed by atoms with Crippen LogP contribution in [0.1, 0.15) is 39.0 Å². The van der Waals surface area contributed by atoms with Crippen LogP contribution < -0.4 is 5.73 Å². The number of carbonyl (C=O) groups excluding carboxylic acids is 2. The zero-order valence-electron chi connectivity index (χ0n) is 16.5. The summed E-state index contributed by atoms with van der Waals surface area (Å²) < 4.78 is 0. The van der Waals surface area contributed by atoms with Crippen molar-refractivity contribution in [2.45, 2.75) is 26.2 Å². The number of benzene rings is 2. The molecule has 0 aliphatic heterocycles. The summed E-state index contributed by atoms with van der Waals surface area (Å²) in [5.41, 5.74) is 11.0. The first kappa shape index (κ1) is 20.2. The van der Waals surface area contributed by atoms with Gasteiger partial charge in [-0.2, -0.15) is 0 Å². The lowest BCUT2D eigenvalue weighted by atomic mass is 9.98. The molecule has 0 fully saturated rings. The van der Waals surface area contributed by atoms with E-state index in [0.29, 0.717) is 24.1 Å². The third-order valence-corrected chi connectivity index (χ3v) is 4.67. The summed E-state index contributed by atoms with van der Waals surface area (Å²) in [4.78, 5) is 28.7. The number of ketones is 2. The fraction of sp³-hybridized carbons (Fsp3) is 0.160. The van der Waals surface area contributed by atoms with Crippen LogP contribution in [-0.2, 0) is 17.6 Å². The number of nitrogen functional groups attached to an aromatic ring is 1. The van der Waals surface area contributed by atoms with E-state index < -0.39 is 0 Å². The second-order valence-electron chi connectivity index (χ2n) is 7.11. The van der Waals surface area contributed by atoms with Crippen LogP contribution in [0.25, 0.3) is 6.08 Å². The predicted molar refractivity (Wildman–Crippen MR) is 117 cm³/mol. The first-order valence-electron chi connectivity index (χ1n) is 9.56. The Balaban J connectivity index is 1.54. The van der Waals surface area contributed by atoms with E-state index in [1.54, 1.807) is 24.5 Å². The number of Topliss-reactive ketones (excluding diaryl/α,β-unsaturated/α-hetero) is 2. The van der Waals surface area contributed by atoms with Crippen molar-refractivity contribution in [2.24, 2.45) is 0 Å². The Labute approximate surface area is 171 Å². The number of hydrogen-bond donors (Lipinski definition) is 1. The smallest absolute Gasteiger partial charge is 0.167 e. The molecule has 0 atom stereocenters. The molecule has 0 aliphatic rings. The Hall–Kier alpha value is -3.53. The van der Waals surface area contributed by atoms with Gasteiger partial charge in [0, 0.05) is 42.9 Å². The molecule has 0 saturated carbocycles. The molecule has 3 aromatic rings. The van der Waals surface area contributed by atoms with Crippen molar-refractivity contribution in [1.82, 2.24) is 4.98 Å². The van der Waals surface area contributed by atoms with E-state index in [4.69, 9.17) is 5.73 Å². The van der Waals surface area contributed by atoms with E-state index in [0.717, 1.165) is 22.3 Å². The molecule has 0 unspecified atom stereocenters. The Morgan fingerprint density at radius 2 is 1.83 bits per heavy atom. The lowest BCUT2D eigenvalue weighted by Crippen LogP contribution is -2.07. The number of carbonyl (C=O) groups is 2. The Kier molecular flexibility index (Phi) is 6.69. The van der Waals surface area contributed by atoms with Gasteiger partial charge in [0.1, 0.15) is 5.78 Å². The third kappa shape index (κ3) is 5.98. The number of nitrogens with zero attached hydrogens (tertiary/aromatic N) is 1. The first-order chi connectivity index (χ1) is 14.0. The molecule has 0 amide bonds. The van der Waals surface area contributed by atoms with Crippen molar-refractivity contribution in [3.8, 4) is 0 Å². The van der Waals surface area contributed by atoms with Crippen LogP contribution in [0.2, 0.25) is 0 Å². The van der Waals surface area contributed by atoms with Gasteiger partial charge in [0.05, 0.1) is 0 Å². The van der Waals surface area contributed by atoms with Crippen LogP contribution in [0.4, 0.5) is 5.69 Å². The molecule has 0 bridgehead atoms. The highest BCUT2D eigenvalue weighted by Crippen LogP contribution is 2.17. The summed E-state index contributed by atoms with van der Waals surface area (Å²) in [6, 6.07) is 16.8. The number of nitrogens with two attached hydrogens (primary N) is 1. The molecular formula is C25H24N2O2. The molecule has 29 heavy (non-hydrogen) atoms. The molecule has 4 nitrogen and oxygen atoms in total. The highest BCUT2D eigenvalue weighted by atomic mass is 16.1. The molecular weight excluding hydrogens is 360 g/mol. The molecule has 4 heteroatoms. The van der Waals surface area contributed by atoms with Crippen LogP contribution in [0.5, 0.6) is 0 Å². The maximum atomic E-state index is 12.5. The van der Waals surface area contributed by atoms with Crippen molar-refractivity contribution < 1.29 is 9.59 Å². The number of allylic oxidation sites excluding steroid dienone is 1. The number of aromatic nitrogens is 1. The van der Waals surface area contributed by atoms with Crippen molar-refractivity contribution in [3.05, 3.63) is 101 Å². The molecule has 2 aromatic carbocycles. The van der Waals surface area contributed by atoms with Gasteiger partial charge in [-0.15, -0.1) is 0 Å². The highest BCUT2D eigenvalue weighted by molar-refractivity contribution is 5.98. The van der Waals surface area contributed by atoms with Crippen molar-refractivity contribution in [3.63, 3.8) is 0 Å². The lowest BCUT2D eigenvalue weighted by molar-refractivity contribution is -0.117. The minimum atomic E-state index is 0.0119. The summed E-state index contributed by atoms with van der Waals surface area (Å²) in [5, 5.41) is 0. The van der Waals surface area contributed by atoms with E-state index in [-0.39, 0.29) is 18.0 Å². The number of anilines is 1. The minimum Gasteiger partial charge on any atom is -0.398 e. The summed E-state index contributed by atoms with van der Waals surface area (Å²) in [7, 11) is 0. The Morgan fingerprint density at radius 3 is 2.52 bits per heavy atom. The standard InChI is InChI=1S/C25H24N2O2/c1-18-7-10-22(24(26)14-18)16-25(29)21-11-8-19(9-12-21)15-23(28)6-2-4-20-5-3-13-27-17-20/h2-5,7-14,17H,6,15-16,26H2,1H3/b4-2+. The summed E-state index contributed by atoms with van der Waals surface area (Å²) in [6.07, 6.45) is 8.18. The topological polar surface area (TPSA) is 73.0 Å². The van der Waals surface area contributed by atoms with Gasteiger partial charge in [-0.05, 0) is 41.3 Å². The third-order valence-electron chi connectivity index (χ3n) is 4.67. The van der Waals surface area contributed by atoms with Gasteiger partial charge in [0.15, 0.2) is 5.78 Å². The van der Waals surface area contributed by atoms with Gasteiger partial charge in [-0.3, -0.25) is 14.6 Å². The van der Waals surface area contributed by atoms with E-state index in [1.807, 2.05) is 61.5 Å². The minimum absolute atomic E-state index is 0.0119. The van der Waals surface area contributed by atoms with Crippen molar-refractivity contribution in [2.75, 3.05) is 5.73 Å². The van der Waals surface area contributed by atoms with Crippen LogP contribution >= 0.6 is 0 Å². The Morgan fingerprint density at radius 1 is 1.03 bits per heavy atom. The predicted octanol–water partition coefficient (Wildman–Crippen LogP) is 4.61. The van der Waals surface area contributed by atoms with Crippen molar-refractivity contribution >= 4 is 23.3 Å². The van der Waals surface area contributed by atoms with Gasteiger partial charge in [0.25, 0.3) is 0 Å². The largest absolute Gasteiger partial charge is 0.398 e. The van der Waals surface area contributed by atoms with Gasteiger partial charge >= 0.3 is 0 Å². The Bertz CT molecular complexity index is 1020. The zero-order valence-corrected chi connectivity index (χ0v) is 16.5. The molecule has 0 saturated heterocycles. The lowest BCUT2D eigenvalue weighted by Gasteiger charge is -2.07. The zero-order chi connectivity index (χ0) is 20.6. The van der Waals surface area contributed by atoms with Gasteiger partial charge in [0.2, 0.25) is 0 Å². The maximum Gasteiger partial charge on any atom is 0.167 e. The van der Waals surface area contributed by atoms with Gasteiger partial charge in [-0.1, -0.05) is 54.6 Å². The molecule has 2 N–H and O–H groups in total. The highest BCUT2D eigenvalue weighted by Gasteiger charge is 2.10.